The van der Waals surface area contributed by atoms with Crippen LogP contribution in [0.2, 0.25) is 0 Å². The van der Waals surface area contributed by atoms with Crippen molar-refractivity contribution < 1.29 is 10.0 Å². The molecule has 1 fully saturated rings. The minimum atomic E-state index is 0.0741. The zero-order valence-corrected chi connectivity index (χ0v) is 11.7. The summed E-state index contributed by atoms with van der Waals surface area (Å²) in [6.45, 7) is 7.22. The number of benzene rings is 1. The summed E-state index contributed by atoms with van der Waals surface area (Å²) in [7, 11) is 0. The standard InChI is InChI=1S/C15H20N2O2/c1-10-5-4-6-13(12(10)3)15(18)17-8-7-14(16-19)11(2)9-17/h4-6,11,19H,7-9H2,1-3H3/b16-14+. The lowest BCUT2D eigenvalue weighted by Gasteiger charge is -2.32. The second-order valence-corrected chi connectivity index (χ2v) is 5.24. The fraction of sp³-hybridized carbons (Fsp3) is 0.467. The van der Waals surface area contributed by atoms with Crippen LogP contribution in [0, 0.1) is 19.8 Å². The van der Waals surface area contributed by atoms with Gasteiger partial charge in [-0.3, -0.25) is 4.79 Å². The first kappa shape index (κ1) is 13.6. The first-order valence-electron chi connectivity index (χ1n) is 6.61. The molecular formula is C15H20N2O2. The van der Waals surface area contributed by atoms with E-state index in [4.69, 9.17) is 5.21 Å². The van der Waals surface area contributed by atoms with Crippen molar-refractivity contribution >= 4 is 11.6 Å². The summed E-state index contributed by atoms with van der Waals surface area (Å²) in [6, 6.07) is 5.82. The van der Waals surface area contributed by atoms with Crippen LogP contribution in [0.1, 0.15) is 34.8 Å². The van der Waals surface area contributed by atoms with E-state index in [1.165, 1.54) is 0 Å². The molecule has 0 radical (unpaired) electrons. The summed E-state index contributed by atoms with van der Waals surface area (Å²) >= 11 is 0. The minimum Gasteiger partial charge on any atom is -0.411 e. The molecule has 102 valence electrons. The first-order chi connectivity index (χ1) is 9.04. The second kappa shape index (κ2) is 5.43. The maximum atomic E-state index is 12.5. The molecule has 0 saturated carbocycles. The Morgan fingerprint density at radius 1 is 1.42 bits per heavy atom. The van der Waals surface area contributed by atoms with E-state index in [1.54, 1.807) is 0 Å². The van der Waals surface area contributed by atoms with Crippen LogP contribution in [0.25, 0.3) is 0 Å². The molecule has 1 heterocycles. The van der Waals surface area contributed by atoms with Crippen molar-refractivity contribution in [1.29, 1.82) is 0 Å². The lowest BCUT2D eigenvalue weighted by atomic mass is 9.96. The molecule has 1 aromatic carbocycles. The number of rotatable bonds is 1. The van der Waals surface area contributed by atoms with Gasteiger partial charge in [0.05, 0.1) is 5.71 Å². The molecule has 1 unspecified atom stereocenters. The third-order valence-electron chi connectivity index (χ3n) is 3.95. The molecule has 4 nitrogen and oxygen atoms in total. The number of hydrogen-bond acceptors (Lipinski definition) is 3. The van der Waals surface area contributed by atoms with Gasteiger partial charge in [-0.05, 0) is 31.0 Å². The number of piperidine rings is 1. The topological polar surface area (TPSA) is 52.9 Å². The van der Waals surface area contributed by atoms with E-state index in [-0.39, 0.29) is 11.8 Å². The Balaban J connectivity index is 2.19. The van der Waals surface area contributed by atoms with Gasteiger partial charge in [0.2, 0.25) is 0 Å². The normalized spacial score (nSPS) is 21.7. The van der Waals surface area contributed by atoms with E-state index in [0.29, 0.717) is 19.5 Å². The van der Waals surface area contributed by atoms with Gasteiger partial charge in [-0.2, -0.15) is 0 Å². The number of oxime groups is 1. The molecule has 1 N–H and O–H groups in total. The summed E-state index contributed by atoms with van der Waals surface area (Å²) in [5.41, 5.74) is 3.73. The number of carbonyl (C=O) groups is 1. The number of hydrogen-bond donors (Lipinski definition) is 1. The molecule has 1 aromatic rings. The zero-order chi connectivity index (χ0) is 14.0. The highest BCUT2D eigenvalue weighted by molar-refractivity contribution is 5.97. The van der Waals surface area contributed by atoms with Crippen LogP contribution in [0.5, 0.6) is 0 Å². The van der Waals surface area contributed by atoms with Gasteiger partial charge in [-0.15, -0.1) is 0 Å². The Morgan fingerprint density at radius 2 is 2.16 bits per heavy atom. The second-order valence-electron chi connectivity index (χ2n) is 5.24. The first-order valence-corrected chi connectivity index (χ1v) is 6.61. The van der Waals surface area contributed by atoms with Crippen molar-refractivity contribution in [3.8, 4) is 0 Å². The van der Waals surface area contributed by atoms with Gasteiger partial charge in [0.1, 0.15) is 0 Å². The van der Waals surface area contributed by atoms with Crippen molar-refractivity contribution in [3.05, 3.63) is 34.9 Å². The molecule has 1 aliphatic heterocycles. The van der Waals surface area contributed by atoms with Gasteiger partial charge in [-0.1, -0.05) is 24.2 Å². The van der Waals surface area contributed by atoms with Gasteiger partial charge >= 0.3 is 0 Å². The highest BCUT2D eigenvalue weighted by atomic mass is 16.4. The molecule has 19 heavy (non-hydrogen) atoms. The summed E-state index contributed by atoms with van der Waals surface area (Å²) in [6.07, 6.45) is 0.647. The molecule has 1 saturated heterocycles. The molecular weight excluding hydrogens is 240 g/mol. The zero-order valence-electron chi connectivity index (χ0n) is 11.7. The highest BCUT2D eigenvalue weighted by Crippen LogP contribution is 2.19. The van der Waals surface area contributed by atoms with Crippen LogP contribution < -0.4 is 0 Å². The van der Waals surface area contributed by atoms with Crippen molar-refractivity contribution in [2.75, 3.05) is 13.1 Å². The molecule has 1 atom stereocenters. The molecule has 2 rings (SSSR count). The number of likely N-dealkylation sites (tertiary alicyclic amines) is 1. The largest absolute Gasteiger partial charge is 0.411 e. The van der Waals surface area contributed by atoms with Gasteiger partial charge < -0.3 is 10.1 Å². The van der Waals surface area contributed by atoms with Crippen LogP contribution in [-0.4, -0.2) is 34.8 Å². The van der Waals surface area contributed by atoms with Crippen molar-refractivity contribution in [2.24, 2.45) is 11.1 Å². The Morgan fingerprint density at radius 3 is 2.79 bits per heavy atom. The van der Waals surface area contributed by atoms with Gasteiger partial charge in [-0.25, -0.2) is 0 Å². The summed E-state index contributed by atoms with van der Waals surface area (Å²) in [4.78, 5) is 14.4. The van der Waals surface area contributed by atoms with E-state index < -0.39 is 0 Å². The Bertz CT molecular complexity index is 523. The Kier molecular flexibility index (Phi) is 3.88. The van der Waals surface area contributed by atoms with Crippen LogP contribution in [0.3, 0.4) is 0 Å². The Hall–Kier alpha value is -1.84. The number of amides is 1. The molecule has 1 amide bonds. The predicted octanol–water partition coefficient (Wildman–Crippen LogP) is 2.62. The van der Waals surface area contributed by atoms with Crippen LogP contribution in [0.4, 0.5) is 0 Å². The molecule has 0 bridgehead atoms. The van der Waals surface area contributed by atoms with Gasteiger partial charge in [0.15, 0.2) is 0 Å². The van der Waals surface area contributed by atoms with E-state index in [9.17, 15) is 4.79 Å². The molecule has 0 aliphatic carbocycles. The van der Waals surface area contributed by atoms with Crippen LogP contribution in [0.15, 0.2) is 23.4 Å². The molecule has 0 aromatic heterocycles. The number of nitrogens with zero attached hydrogens (tertiary/aromatic N) is 2. The van der Waals surface area contributed by atoms with E-state index in [2.05, 4.69) is 5.16 Å². The number of aryl methyl sites for hydroxylation is 1. The maximum absolute atomic E-state index is 12.5. The third-order valence-corrected chi connectivity index (χ3v) is 3.95. The van der Waals surface area contributed by atoms with E-state index in [1.807, 2.05) is 43.9 Å². The molecule has 1 aliphatic rings. The van der Waals surface area contributed by atoms with Gasteiger partial charge in [0.25, 0.3) is 5.91 Å². The SMILES string of the molecule is Cc1cccc(C(=O)N2CC/C(=N\O)C(C)C2)c1C. The molecule has 4 heteroatoms. The third kappa shape index (κ3) is 2.62. The maximum Gasteiger partial charge on any atom is 0.254 e. The summed E-state index contributed by atoms with van der Waals surface area (Å²) < 4.78 is 0. The lowest BCUT2D eigenvalue weighted by molar-refractivity contribution is 0.0733. The monoisotopic (exact) mass is 260 g/mol. The minimum absolute atomic E-state index is 0.0741. The van der Waals surface area contributed by atoms with Gasteiger partial charge in [0, 0.05) is 31.0 Å². The quantitative estimate of drug-likeness (QED) is 0.623. The smallest absolute Gasteiger partial charge is 0.254 e. The Labute approximate surface area is 113 Å². The highest BCUT2D eigenvalue weighted by Gasteiger charge is 2.27. The lowest BCUT2D eigenvalue weighted by Crippen LogP contribution is -2.43. The average molecular weight is 260 g/mol. The van der Waals surface area contributed by atoms with E-state index in [0.717, 1.165) is 22.4 Å². The predicted molar refractivity (Wildman–Crippen MR) is 74.8 cm³/mol. The van der Waals surface area contributed by atoms with Crippen LogP contribution in [-0.2, 0) is 0 Å². The van der Waals surface area contributed by atoms with E-state index >= 15 is 0 Å². The fourth-order valence-corrected chi connectivity index (χ4v) is 2.51. The van der Waals surface area contributed by atoms with Crippen molar-refractivity contribution in [3.63, 3.8) is 0 Å². The average Bonchev–Trinajstić information content (AvgIpc) is 2.41. The van der Waals surface area contributed by atoms with Crippen molar-refractivity contribution in [1.82, 2.24) is 4.90 Å². The fourth-order valence-electron chi connectivity index (χ4n) is 2.51. The van der Waals surface area contributed by atoms with Crippen molar-refractivity contribution in [2.45, 2.75) is 27.2 Å². The summed E-state index contributed by atoms with van der Waals surface area (Å²) in [5.74, 6) is 0.192. The summed E-state index contributed by atoms with van der Waals surface area (Å²) in [5, 5.41) is 12.2. The molecule has 0 spiro atoms. The number of carbonyl (C=O) groups excluding carboxylic acids is 1. The van der Waals surface area contributed by atoms with Crippen LogP contribution >= 0.6 is 0 Å².